The van der Waals surface area contributed by atoms with E-state index < -0.39 is 0 Å². The van der Waals surface area contributed by atoms with Gasteiger partial charge in [0, 0.05) is 19.0 Å². The second-order valence-corrected chi connectivity index (χ2v) is 3.99. The first kappa shape index (κ1) is 8.09. The minimum absolute atomic E-state index is 0.365. The molecule has 1 aliphatic heterocycles. The number of amides is 1. The number of rotatable bonds is 1. The molecule has 2 atom stereocenters. The van der Waals surface area contributed by atoms with E-state index in [1.165, 1.54) is 25.7 Å². The van der Waals surface area contributed by atoms with Crippen molar-refractivity contribution in [3.05, 3.63) is 0 Å². The van der Waals surface area contributed by atoms with Gasteiger partial charge in [0.25, 0.3) is 0 Å². The molecule has 1 heterocycles. The van der Waals surface area contributed by atoms with Gasteiger partial charge in [0.05, 0.1) is 0 Å². The number of hydrogen-bond acceptors (Lipinski definition) is 1. The van der Waals surface area contributed by atoms with Gasteiger partial charge < -0.3 is 4.90 Å². The Hall–Kier alpha value is -0.530. The average Bonchev–Trinajstić information content (AvgIpc) is 2.62. The highest BCUT2D eigenvalue weighted by Crippen LogP contribution is 2.37. The summed E-state index contributed by atoms with van der Waals surface area (Å²) >= 11 is 0. The fourth-order valence-corrected chi connectivity index (χ4v) is 2.75. The molecule has 0 aromatic heterocycles. The van der Waals surface area contributed by atoms with Crippen LogP contribution in [-0.4, -0.2) is 23.4 Å². The van der Waals surface area contributed by atoms with Crippen molar-refractivity contribution in [2.24, 2.45) is 5.92 Å². The molecule has 0 aromatic carbocycles. The van der Waals surface area contributed by atoms with Gasteiger partial charge in [0.2, 0.25) is 5.91 Å². The van der Waals surface area contributed by atoms with Crippen LogP contribution in [0.25, 0.3) is 0 Å². The summed E-state index contributed by atoms with van der Waals surface area (Å²) in [4.78, 5) is 13.6. The zero-order valence-electron chi connectivity index (χ0n) is 7.75. The van der Waals surface area contributed by atoms with Crippen LogP contribution in [0.4, 0.5) is 0 Å². The number of hydrogen-bond donors (Lipinski definition) is 0. The standard InChI is InChI=1S/C10H17NO/c1-2-10(12)11-7-6-8-4-3-5-9(8)11/h8-9H,2-7H2,1H3. The quantitative estimate of drug-likeness (QED) is 0.583. The Balaban J connectivity index is 2.04. The number of carbonyl (C=O) groups excluding carboxylic acids is 1. The molecule has 2 unspecified atom stereocenters. The zero-order chi connectivity index (χ0) is 8.55. The Morgan fingerprint density at radius 1 is 1.42 bits per heavy atom. The van der Waals surface area contributed by atoms with E-state index in [-0.39, 0.29) is 0 Å². The minimum atomic E-state index is 0.365. The SMILES string of the molecule is CCC(=O)N1CCC2CCCC21. The molecule has 1 aliphatic carbocycles. The molecule has 0 radical (unpaired) electrons. The average molecular weight is 167 g/mol. The lowest BCUT2D eigenvalue weighted by Crippen LogP contribution is -2.35. The van der Waals surface area contributed by atoms with Gasteiger partial charge in [-0.3, -0.25) is 4.79 Å². The maximum absolute atomic E-state index is 11.5. The van der Waals surface area contributed by atoms with E-state index in [1.54, 1.807) is 0 Å². The van der Waals surface area contributed by atoms with Gasteiger partial charge in [-0.25, -0.2) is 0 Å². The van der Waals surface area contributed by atoms with Crippen LogP contribution >= 0.6 is 0 Å². The molecule has 2 nitrogen and oxygen atoms in total. The van der Waals surface area contributed by atoms with Crippen LogP contribution < -0.4 is 0 Å². The first-order valence-electron chi connectivity index (χ1n) is 5.12. The third kappa shape index (κ3) is 1.13. The van der Waals surface area contributed by atoms with Crippen LogP contribution in [0.3, 0.4) is 0 Å². The fraction of sp³-hybridized carbons (Fsp3) is 0.900. The second-order valence-electron chi connectivity index (χ2n) is 3.99. The monoisotopic (exact) mass is 167 g/mol. The fourth-order valence-electron chi connectivity index (χ4n) is 2.75. The summed E-state index contributed by atoms with van der Waals surface area (Å²) in [6.45, 7) is 2.99. The largest absolute Gasteiger partial charge is 0.339 e. The van der Waals surface area contributed by atoms with Crippen molar-refractivity contribution in [1.82, 2.24) is 4.90 Å². The molecule has 12 heavy (non-hydrogen) atoms. The van der Waals surface area contributed by atoms with Crippen LogP contribution in [0.15, 0.2) is 0 Å². The van der Waals surface area contributed by atoms with Crippen LogP contribution in [0.5, 0.6) is 0 Å². The first-order valence-corrected chi connectivity index (χ1v) is 5.12. The van der Waals surface area contributed by atoms with E-state index in [4.69, 9.17) is 0 Å². The van der Waals surface area contributed by atoms with Crippen molar-refractivity contribution >= 4 is 5.91 Å². The molecule has 0 aromatic rings. The molecule has 1 saturated heterocycles. The van der Waals surface area contributed by atoms with Gasteiger partial charge in [-0.15, -0.1) is 0 Å². The van der Waals surface area contributed by atoms with Gasteiger partial charge in [0.1, 0.15) is 0 Å². The third-order valence-corrected chi connectivity index (χ3v) is 3.38. The Morgan fingerprint density at radius 3 is 3.00 bits per heavy atom. The second kappa shape index (κ2) is 3.08. The Labute approximate surface area is 73.9 Å². The Morgan fingerprint density at radius 2 is 2.25 bits per heavy atom. The van der Waals surface area contributed by atoms with Gasteiger partial charge in [-0.1, -0.05) is 13.3 Å². The van der Waals surface area contributed by atoms with Crippen molar-refractivity contribution in [2.45, 2.75) is 45.1 Å². The molecule has 0 N–H and O–H groups in total. The lowest BCUT2D eigenvalue weighted by molar-refractivity contribution is -0.131. The highest BCUT2D eigenvalue weighted by molar-refractivity contribution is 5.76. The lowest BCUT2D eigenvalue weighted by Gasteiger charge is -2.23. The summed E-state index contributed by atoms with van der Waals surface area (Å²) in [5.74, 6) is 1.21. The summed E-state index contributed by atoms with van der Waals surface area (Å²) in [5.41, 5.74) is 0. The first-order chi connectivity index (χ1) is 5.83. The van der Waals surface area contributed by atoms with Crippen LogP contribution in [-0.2, 0) is 4.79 Å². The lowest BCUT2D eigenvalue weighted by atomic mass is 10.0. The number of carbonyl (C=O) groups is 1. The molecular formula is C10H17NO. The summed E-state index contributed by atoms with van der Waals surface area (Å²) in [7, 11) is 0. The Kier molecular flexibility index (Phi) is 2.07. The molecule has 0 spiro atoms. The van der Waals surface area contributed by atoms with E-state index in [0.717, 1.165) is 12.5 Å². The summed E-state index contributed by atoms with van der Waals surface area (Å²) in [5, 5.41) is 0. The topological polar surface area (TPSA) is 20.3 Å². The summed E-state index contributed by atoms with van der Waals surface area (Å²) in [6.07, 6.45) is 5.90. The predicted molar refractivity (Wildman–Crippen MR) is 47.8 cm³/mol. The summed E-state index contributed by atoms with van der Waals surface area (Å²) in [6, 6.07) is 0.623. The molecule has 2 rings (SSSR count). The van der Waals surface area contributed by atoms with Gasteiger partial charge in [-0.05, 0) is 25.2 Å². The molecule has 0 bridgehead atoms. The van der Waals surface area contributed by atoms with Crippen molar-refractivity contribution in [2.75, 3.05) is 6.54 Å². The van der Waals surface area contributed by atoms with Crippen LogP contribution in [0, 0.1) is 5.92 Å². The minimum Gasteiger partial charge on any atom is -0.339 e. The molecule has 2 aliphatic rings. The van der Waals surface area contributed by atoms with Crippen molar-refractivity contribution < 1.29 is 4.79 Å². The van der Waals surface area contributed by atoms with Gasteiger partial charge in [-0.2, -0.15) is 0 Å². The molecular weight excluding hydrogens is 150 g/mol. The van der Waals surface area contributed by atoms with Crippen molar-refractivity contribution in [3.63, 3.8) is 0 Å². The van der Waals surface area contributed by atoms with Crippen molar-refractivity contribution in [3.8, 4) is 0 Å². The molecule has 2 heteroatoms. The van der Waals surface area contributed by atoms with Crippen LogP contribution in [0.2, 0.25) is 0 Å². The highest BCUT2D eigenvalue weighted by atomic mass is 16.2. The molecule has 68 valence electrons. The number of likely N-dealkylation sites (tertiary alicyclic amines) is 1. The zero-order valence-corrected chi connectivity index (χ0v) is 7.75. The van der Waals surface area contributed by atoms with E-state index in [1.807, 2.05) is 6.92 Å². The third-order valence-electron chi connectivity index (χ3n) is 3.38. The van der Waals surface area contributed by atoms with E-state index >= 15 is 0 Å². The van der Waals surface area contributed by atoms with Gasteiger partial charge in [0.15, 0.2) is 0 Å². The molecule has 2 fully saturated rings. The van der Waals surface area contributed by atoms with E-state index in [0.29, 0.717) is 18.4 Å². The Bertz CT molecular complexity index is 190. The smallest absolute Gasteiger partial charge is 0.222 e. The molecule has 1 amide bonds. The van der Waals surface area contributed by atoms with E-state index in [9.17, 15) is 4.79 Å². The van der Waals surface area contributed by atoms with Crippen molar-refractivity contribution in [1.29, 1.82) is 0 Å². The highest BCUT2D eigenvalue weighted by Gasteiger charge is 2.38. The van der Waals surface area contributed by atoms with E-state index in [2.05, 4.69) is 4.90 Å². The summed E-state index contributed by atoms with van der Waals surface area (Å²) < 4.78 is 0. The maximum atomic E-state index is 11.5. The van der Waals surface area contributed by atoms with Crippen LogP contribution in [0.1, 0.15) is 39.0 Å². The van der Waals surface area contributed by atoms with Gasteiger partial charge >= 0.3 is 0 Å². The predicted octanol–water partition coefficient (Wildman–Crippen LogP) is 1.80. The molecule has 1 saturated carbocycles. The maximum Gasteiger partial charge on any atom is 0.222 e. The number of nitrogens with zero attached hydrogens (tertiary/aromatic N) is 1. The number of fused-ring (bicyclic) bond motifs is 1. The normalized spacial score (nSPS) is 33.9.